The second-order valence-corrected chi connectivity index (χ2v) is 4.87. The summed E-state index contributed by atoms with van der Waals surface area (Å²) in [6, 6.07) is -0.593. The molecule has 2 rings (SSSR count). The van der Waals surface area contributed by atoms with E-state index >= 15 is 0 Å². The molecule has 3 atom stereocenters. The van der Waals surface area contributed by atoms with Gasteiger partial charge < -0.3 is 10.5 Å². The van der Waals surface area contributed by atoms with E-state index in [2.05, 4.69) is 0 Å². The third-order valence-electron chi connectivity index (χ3n) is 3.76. The first-order chi connectivity index (χ1) is 8.00. The highest BCUT2D eigenvalue weighted by molar-refractivity contribution is 5.09. The summed E-state index contributed by atoms with van der Waals surface area (Å²) in [5.74, 6) is -1.23. The van der Waals surface area contributed by atoms with E-state index in [4.69, 9.17) is 10.5 Å². The molecule has 1 aliphatic carbocycles. The Bertz CT molecular complexity index is 301. The smallest absolute Gasteiger partial charge is 0.392 e. The molecule has 17 heavy (non-hydrogen) atoms. The molecule has 1 heterocycles. The van der Waals surface area contributed by atoms with Crippen LogP contribution in [0.3, 0.4) is 0 Å². The fourth-order valence-corrected chi connectivity index (χ4v) is 2.88. The van der Waals surface area contributed by atoms with Gasteiger partial charge in [-0.15, -0.1) is 0 Å². The van der Waals surface area contributed by atoms with Crippen molar-refractivity contribution in [2.45, 2.75) is 44.3 Å². The highest BCUT2D eigenvalue weighted by atomic mass is 19.4. The van der Waals surface area contributed by atoms with Crippen LogP contribution in [0.5, 0.6) is 0 Å². The number of halogens is 3. The zero-order chi connectivity index (χ0) is 12.5. The maximum absolute atomic E-state index is 12.9. The first-order valence-electron chi connectivity index (χ1n) is 6.15. The van der Waals surface area contributed by atoms with Crippen molar-refractivity contribution in [3.8, 4) is 0 Å². The van der Waals surface area contributed by atoms with E-state index in [1.165, 1.54) is 0 Å². The summed E-state index contributed by atoms with van der Waals surface area (Å²) in [6.07, 6.45) is 0.674. The molecular formula is C12H18F3NO. The summed E-state index contributed by atoms with van der Waals surface area (Å²) < 4.78 is 44.1. The maximum Gasteiger partial charge on any atom is 0.392 e. The topological polar surface area (TPSA) is 35.2 Å². The van der Waals surface area contributed by atoms with Crippen LogP contribution >= 0.6 is 0 Å². The van der Waals surface area contributed by atoms with Gasteiger partial charge in [0, 0.05) is 6.42 Å². The zero-order valence-electron chi connectivity index (χ0n) is 9.67. The Kier molecular flexibility index (Phi) is 3.66. The third-order valence-corrected chi connectivity index (χ3v) is 3.76. The van der Waals surface area contributed by atoms with Gasteiger partial charge in [0.15, 0.2) is 0 Å². The van der Waals surface area contributed by atoms with Crippen molar-refractivity contribution in [1.29, 1.82) is 0 Å². The molecule has 0 aromatic carbocycles. The Balaban J connectivity index is 2.10. The van der Waals surface area contributed by atoms with E-state index in [9.17, 15) is 13.2 Å². The number of rotatable bonds is 2. The molecule has 2 N–H and O–H groups in total. The van der Waals surface area contributed by atoms with Gasteiger partial charge in [0.25, 0.3) is 0 Å². The number of alkyl halides is 3. The fraction of sp³-hybridized carbons (Fsp3) is 0.833. The lowest BCUT2D eigenvalue weighted by molar-refractivity contribution is -0.198. The molecule has 0 aromatic heterocycles. The molecule has 0 radical (unpaired) electrons. The van der Waals surface area contributed by atoms with E-state index < -0.39 is 24.1 Å². The maximum atomic E-state index is 12.9. The highest BCUT2D eigenvalue weighted by Gasteiger charge is 2.48. The van der Waals surface area contributed by atoms with Crippen molar-refractivity contribution in [2.24, 2.45) is 17.6 Å². The number of ether oxygens (including phenoxy) is 1. The molecule has 0 bridgehead atoms. The fourth-order valence-electron chi connectivity index (χ4n) is 2.88. The average molecular weight is 249 g/mol. The van der Waals surface area contributed by atoms with Crippen molar-refractivity contribution in [2.75, 3.05) is 6.61 Å². The van der Waals surface area contributed by atoms with Crippen LogP contribution in [0, 0.1) is 11.8 Å². The van der Waals surface area contributed by atoms with Crippen LogP contribution in [0.2, 0.25) is 0 Å². The number of nitrogens with two attached hydrogens (primary N) is 1. The van der Waals surface area contributed by atoms with Gasteiger partial charge in [0.1, 0.15) is 5.76 Å². The predicted molar refractivity (Wildman–Crippen MR) is 58.1 cm³/mol. The molecular weight excluding hydrogens is 231 g/mol. The monoisotopic (exact) mass is 249 g/mol. The third kappa shape index (κ3) is 2.76. The Labute approximate surface area is 99.0 Å². The molecule has 1 saturated carbocycles. The highest BCUT2D eigenvalue weighted by Crippen LogP contribution is 2.43. The van der Waals surface area contributed by atoms with Gasteiger partial charge in [0.05, 0.1) is 18.6 Å². The quantitative estimate of drug-likeness (QED) is 0.816. The van der Waals surface area contributed by atoms with Crippen LogP contribution in [0.4, 0.5) is 13.2 Å². The zero-order valence-corrected chi connectivity index (χ0v) is 9.67. The van der Waals surface area contributed by atoms with Crippen molar-refractivity contribution in [1.82, 2.24) is 0 Å². The first kappa shape index (κ1) is 12.7. The van der Waals surface area contributed by atoms with Crippen LogP contribution in [-0.4, -0.2) is 18.8 Å². The largest absolute Gasteiger partial charge is 0.496 e. The van der Waals surface area contributed by atoms with Crippen LogP contribution in [0.1, 0.15) is 32.1 Å². The summed E-state index contributed by atoms with van der Waals surface area (Å²) in [5, 5.41) is 0. The Morgan fingerprint density at radius 3 is 2.59 bits per heavy atom. The van der Waals surface area contributed by atoms with Crippen LogP contribution in [-0.2, 0) is 4.74 Å². The molecule has 98 valence electrons. The van der Waals surface area contributed by atoms with Crippen LogP contribution in [0.25, 0.3) is 0 Å². The summed E-state index contributed by atoms with van der Waals surface area (Å²) in [5.41, 5.74) is 5.95. The molecule has 0 amide bonds. The van der Waals surface area contributed by atoms with Gasteiger partial charge in [-0.3, -0.25) is 0 Å². The van der Waals surface area contributed by atoms with Gasteiger partial charge in [-0.05, 0) is 24.8 Å². The lowest BCUT2D eigenvalue weighted by Gasteiger charge is -2.36. The first-order valence-corrected chi connectivity index (χ1v) is 6.15. The Morgan fingerprint density at radius 1 is 1.29 bits per heavy atom. The second-order valence-electron chi connectivity index (χ2n) is 4.87. The van der Waals surface area contributed by atoms with E-state index in [0.717, 1.165) is 12.8 Å². The molecule has 5 heteroatoms. The number of hydrogen-bond donors (Lipinski definition) is 1. The molecule has 0 aromatic rings. The van der Waals surface area contributed by atoms with Crippen molar-refractivity contribution in [3.05, 3.63) is 11.8 Å². The Hall–Kier alpha value is -0.710. The standard InChI is InChI=1S/C12H18F3NO/c13-12(14,15)9-5-2-1-4-8(9)11(16)10-6-3-7-17-10/h6,8-9,11H,1-5,7,16H2. The average Bonchev–Trinajstić information content (AvgIpc) is 2.80. The summed E-state index contributed by atoms with van der Waals surface area (Å²) in [4.78, 5) is 0. The molecule has 3 unspecified atom stereocenters. The van der Waals surface area contributed by atoms with Gasteiger partial charge in [-0.25, -0.2) is 0 Å². The lowest BCUT2D eigenvalue weighted by atomic mass is 9.74. The minimum absolute atomic E-state index is 0.204. The summed E-state index contributed by atoms with van der Waals surface area (Å²) in [7, 11) is 0. The molecule has 0 saturated heterocycles. The summed E-state index contributed by atoms with van der Waals surface area (Å²) >= 11 is 0. The molecule has 0 spiro atoms. The van der Waals surface area contributed by atoms with Gasteiger partial charge in [-0.1, -0.05) is 12.8 Å². The minimum atomic E-state index is -4.14. The molecule has 2 nitrogen and oxygen atoms in total. The summed E-state index contributed by atoms with van der Waals surface area (Å²) in [6.45, 7) is 0.548. The molecule has 1 fully saturated rings. The van der Waals surface area contributed by atoms with Crippen LogP contribution < -0.4 is 5.73 Å². The van der Waals surface area contributed by atoms with E-state index in [0.29, 0.717) is 25.2 Å². The van der Waals surface area contributed by atoms with Crippen molar-refractivity contribution < 1.29 is 17.9 Å². The second kappa shape index (κ2) is 4.88. The van der Waals surface area contributed by atoms with Gasteiger partial charge in [-0.2, -0.15) is 13.2 Å². The van der Waals surface area contributed by atoms with E-state index in [-0.39, 0.29) is 6.42 Å². The number of hydrogen-bond acceptors (Lipinski definition) is 2. The Morgan fingerprint density at radius 2 is 2.00 bits per heavy atom. The minimum Gasteiger partial charge on any atom is -0.496 e. The van der Waals surface area contributed by atoms with Gasteiger partial charge in [0.2, 0.25) is 0 Å². The lowest BCUT2D eigenvalue weighted by Crippen LogP contribution is -2.44. The SMILES string of the molecule is NC(C1=CCCO1)C1CCCCC1C(F)(F)F. The molecule has 2 aliphatic rings. The van der Waals surface area contributed by atoms with Crippen molar-refractivity contribution in [3.63, 3.8) is 0 Å². The molecule has 1 aliphatic heterocycles. The van der Waals surface area contributed by atoms with Crippen molar-refractivity contribution >= 4 is 0 Å². The van der Waals surface area contributed by atoms with E-state index in [1.54, 1.807) is 0 Å². The normalized spacial score (nSPS) is 31.9. The van der Waals surface area contributed by atoms with Gasteiger partial charge >= 0.3 is 6.18 Å². The van der Waals surface area contributed by atoms with Crippen LogP contribution in [0.15, 0.2) is 11.8 Å². The van der Waals surface area contributed by atoms with E-state index in [1.807, 2.05) is 6.08 Å². The predicted octanol–water partition coefficient (Wildman–Crippen LogP) is 2.99.